The minimum Gasteiger partial charge on any atom is -0.340 e. The van der Waals surface area contributed by atoms with Crippen molar-refractivity contribution in [1.82, 2.24) is 9.97 Å². The Labute approximate surface area is 140 Å². The first-order chi connectivity index (χ1) is 11.9. The van der Waals surface area contributed by atoms with Crippen LogP contribution in [0.3, 0.4) is 0 Å². The summed E-state index contributed by atoms with van der Waals surface area (Å²) in [7, 11) is 0. The van der Waals surface area contributed by atoms with Gasteiger partial charge in [0, 0.05) is 11.8 Å². The molecule has 0 aliphatic carbocycles. The third-order valence-corrected chi connectivity index (χ3v) is 3.29. The summed E-state index contributed by atoms with van der Waals surface area (Å²) in [6.07, 6.45) is -3.13. The molecule has 8 heteroatoms. The van der Waals surface area contributed by atoms with Crippen molar-refractivity contribution in [2.75, 3.05) is 10.6 Å². The van der Waals surface area contributed by atoms with Crippen molar-refractivity contribution in [2.24, 2.45) is 0 Å². The van der Waals surface area contributed by atoms with Crippen LogP contribution in [0.15, 0.2) is 60.9 Å². The summed E-state index contributed by atoms with van der Waals surface area (Å²) in [6, 6.07) is 12.2. The summed E-state index contributed by atoms with van der Waals surface area (Å²) >= 11 is 0. The fourth-order valence-electron chi connectivity index (χ4n) is 2.09. The number of anilines is 4. The van der Waals surface area contributed by atoms with E-state index in [1.54, 1.807) is 18.2 Å². The van der Waals surface area contributed by atoms with Gasteiger partial charge >= 0.3 is 6.18 Å². The highest BCUT2D eigenvalue weighted by molar-refractivity contribution is 5.63. The fraction of sp³-hybridized carbons (Fsp3) is 0.0588. The molecule has 2 N–H and O–H groups in total. The fourth-order valence-corrected chi connectivity index (χ4v) is 2.09. The number of benzene rings is 2. The standard InChI is InChI=1S/C17H12F4N4/c18-13-3-1-2-4-14(13)25-16-9-15(22-10-23-16)24-12-7-5-11(6-8-12)17(19,20)21/h1-10H,(H2,22,23,24,25). The summed E-state index contributed by atoms with van der Waals surface area (Å²) in [5.74, 6) is 0.265. The van der Waals surface area contributed by atoms with E-state index in [9.17, 15) is 17.6 Å². The average Bonchev–Trinajstić information content (AvgIpc) is 2.57. The predicted molar refractivity (Wildman–Crippen MR) is 86.4 cm³/mol. The maximum Gasteiger partial charge on any atom is 0.416 e. The Morgan fingerprint density at radius 1 is 0.800 bits per heavy atom. The molecule has 0 amide bonds. The van der Waals surface area contributed by atoms with Crippen molar-refractivity contribution in [3.05, 3.63) is 72.3 Å². The normalized spacial score (nSPS) is 11.2. The van der Waals surface area contributed by atoms with E-state index in [0.29, 0.717) is 17.3 Å². The van der Waals surface area contributed by atoms with Gasteiger partial charge in [0.2, 0.25) is 0 Å². The quantitative estimate of drug-likeness (QED) is 0.643. The van der Waals surface area contributed by atoms with Gasteiger partial charge in [0.05, 0.1) is 11.3 Å². The molecular weight excluding hydrogens is 336 g/mol. The number of nitrogens with one attached hydrogen (secondary N) is 2. The van der Waals surface area contributed by atoms with Gasteiger partial charge in [-0.05, 0) is 36.4 Å². The molecule has 0 atom stereocenters. The molecule has 25 heavy (non-hydrogen) atoms. The molecule has 0 saturated heterocycles. The van der Waals surface area contributed by atoms with Crippen LogP contribution in [0.2, 0.25) is 0 Å². The first-order valence-corrected chi connectivity index (χ1v) is 7.20. The van der Waals surface area contributed by atoms with Crippen LogP contribution < -0.4 is 10.6 Å². The molecule has 0 spiro atoms. The van der Waals surface area contributed by atoms with Crippen molar-refractivity contribution in [3.8, 4) is 0 Å². The number of para-hydroxylation sites is 1. The molecule has 2 aromatic carbocycles. The van der Waals surface area contributed by atoms with Crippen LogP contribution in [-0.4, -0.2) is 9.97 Å². The Morgan fingerprint density at radius 2 is 1.44 bits per heavy atom. The third kappa shape index (κ3) is 4.23. The molecule has 4 nitrogen and oxygen atoms in total. The van der Waals surface area contributed by atoms with Crippen molar-refractivity contribution < 1.29 is 17.6 Å². The second-order valence-corrected chi connectivity index (χ2v) is 5.09. The number of nitrogens with zero attached hydrogens (tertiary/aromatic N) is 2. The van der Waals surface area contributed by atoms with Gasteiger partial charge in [0.1, 0.15) is 23.8 Å². The molecule has 1 aromatic heterocycles. The van der Waals surface area contributed by atoms with Gasteiger partial charge in [0.15, 0.2) is 0 Å². The van der Waals surface area contributed by atoms with E-state index >= 15 is 0 Å². The predicted octanol–water partition coefficient (Wildman–Crippen LogP) is 5.12. The number of hydrogen-bond donors (Lipinski definition) is 2. The number of rotatable bonds is 4. The van der Waals surface area contributed by atoms with E-state index < -0.39 is 17.6 Å². The van der Waals surface area contributed by atoms with E-state index in [2.05, 4.69) is 20.6 Å². The first kappa shape index (κ1) is 16.7. The smallest absolute Gasteiger partial charge is 0.340 e. The van der Waals surface area contributed by atoms with Gasteiger partial charge in [-0.2, -0.15) is 13.2 Å². The van der Waals surface area contributed by atoms with Crippen LogP contribution in [0.1, 0.15) is 5.56 Å². The summed E-state index contributed by atoms with van der Waals surface area (Å²) in [5.41, 5.74) is -0.0483. The molecule has 0 aliphatic rings. The monoisotopic (exact) mass is 348 g/mol. The van der Waals surface area contributed by atoms with Crippen LogP contribution in [0.25, 0.3) is 0 Å². The number of halogens is 4. The highest BCUT2D eigenvalue weighted by Gasteiger charge is 2.29. The molecule has 0 unspecified atom stereocenters. The Kier molecular flexibility index (Phi) is 4.51. The van der Waals surface area contributed by atoms with E-state index in [1.165, 1.54) is 30.6 Å². The van der Waals surface area contributed by atoms with Crippen LogP contribution in [0, 0.1) is 5.82 Å². The van der Waals surface area contributed by atoms with Crippen LogP contribution in [0.5, 0.6) is 0 Å². The van der Waals surface area contributed by atoms with Crippen LogP contribution >= 0.6 is 0 Å². The zero-order valence-corrected chi connectivity index (χ0v) is 12.7. The average molecular weight is 348 g/mol. The van der Waals surface area contributed by atoms with E-state index in [-0.39, 0.29) is 5.69 Å². The molecule has 0 fully saturated rings. The Hall–Kier alpha value is -3.16. The lowest BCUT2D eigenvalue weighted by Crippen LogP contribution is -2.04. The molecule has 0 bridgehead atoms. The highest BCUT2D eigenvalue weighted by Crippen LogP contribution is 2.30. The lowest BCUT2D eigenvalue weighted by atomic mass is 10.2. The topological polar surface area (TPSA) is 49.8 Å². The molecule has 0 radical (unpaired) electrons. The van der Waals surface area contributed by atoms with E-state index in [4.69, 9.17) is 0 Å². The lowest BCUT2D eigenvalue weighted by Gasteiger charge is -2.10. The van der Waals surface area contributed by atoms with Gasteiger partial charge in [-0.3, -0.25) is 0 Å². The first-order valence-electron chi connectivity index (χ1n) is 7.20. The molecule has 1 heterocycles. The van der Waals surface area contributed by atoms with Crippen molar-refractivity contribution in [2.45, 2.75) is 6.18 Å². The summed E-state index contributed by atoms with van der Waals surface area (Å²) in [4.78, 5) is 7.98. The Morgan fingerprint density at radius 3 is 2.08 bits per heavy atom. The third-order valence-electron chi connectivity index (χ3n) is 3.29. The molecule has 128 valence electrons. The molecule has 0 aliphatic heterocycles. The number of alkyl halides is 3. The van der Waals surface area contributed by atoms with Crippen molar-refractivity contribution in [1.29, 1.82) is 0 Å². The van der Waals surface area contributed by atoms with Gasteiger partial charge in [-0.1, -0.05) is 12.1 Å². The maximum absolute atomic E-state index is 13.6. The summed E-state index contributed by atoms with van der Waals surface area (Å²) < 4.78 is 51.3. The van der Waals surface area contributed by atoms with Crippen molar-refractivity contribution >= 4 is 23.0 Å². The van der Waals surface area contributed by atoms with Gasteiger partial charge in [-0.25, -0.2) is 14.4 Å². The second-order valence-electron chi connectivity index (χ2n) is 5.09. The minimum absolute atomic E-state index is 0.252. The highest BCUT2D eigenvalue weighted by atomic mass is 19.4. The summed E-state index contributed by atoms with van der Waals surface area (Å²) in [5, 5.41) is 5.68. The zero-order chi connectivity index (χ0) is 17.9. The van der Waals surface area contributed by atoms with Gasteiger partial charge in [0.25, 0.3) is 0 Å². The lowest BCUT2D eigenvalue weighted by molar-refractivity contribution is -0.137. The minimum atomic E-state index is -4.38. The van der Waals surface area contributed by atoms with Crippen LogP contribution in [-0.2, 0) is 6.18 Å². The second kappa shape index (κ2) is 6.76. The van der Waals surface area contributed by atoms with E-state index in [0.717, 1.165) is 12.1 Å². The summed E-state index contributed by atoms with van der Waals surface area (Å²) in [6.45, 7) is 0. The molecule has 0 saturated carbocycles. The number of hydrogen-bond acceptors (Lipinski definition) is 4. The van der Waals surface area contributed by atoms with E-state index in [1.807, 2.05) is 0 Å². The van der Waals surface area contributed by atoms with Gasteiger partial charge < -0.3 is 10.6 Å². The van der Waals surface area contributed by atoms with Crippen molar-refractivity contribution in [3.63, 3.8) is 0 Å². The zero-order valence-electron chi connectivity index (χ0n) is 12.7. The number of aromatic nitrogens is 2. The molecular formula is C17H12F4N4. The molecule has 3 aromatic rings. The Bertz CT molecular complexity index is 863. The maximum atomic E-state index is 13.6. The largest absolute Gasteiger partial charge is 0.416 e. The van der Waals surface area contributed by atoms with Crippen LogP contribution in [0.4, 0.5) is 40.6 Å². The molecule has 3 rings (SSSR count). The SMILES string of the molecule is Fc1ccccc1Nc1cc(Nc2ccc(C(F)(F)F)cc2)ncn1. The Balaban J connectivity index is 1.75. The van der Waals surface area contributed by atoms with Gasteiger partial charge in [-0.15, -0.1) is 0 Å².